The summed E-state index contributed by atoms with van der Waals surface area (Å²) in [5.41, 5.74) is 7.36. The van der Waals surface area contributed by atoms with E-state index in [2.05, 4.69) is 83.4 Å². The van der Waals surface area contributed by atoms with Gasteiger partial charge in [0.15, 0.2) is 0 Å². The third-order valence-corrected chi connectivity index (χ3v) is 9.18. The molecule has 5 aromatic carbocycles. The van der Waals surface area contributed by atoms with Gasteiger partial charge in [-0.1, -0.05) is 30.3 Å². The standard InChI is InChI=1S/C30H14BNO2S/c1-2-10-25-15(5-1)18-13-17-16-11-12-24-29-30(16)32(20(17)14-26(18)35-25)19-6-3-7-21-27(19)31(29)28-22(33-21)8-4-9-23(28)34-24/h1-14H. The van der Waals surface area contributed by atoms with Crippen molar-refractivity contribution in [1.82, 2.24) is 4.57 Å². The zero-order chi connectivity index (χ0) is 22.4. The van der Waals surface area contributed by atoms with Crippen LogP contribution >= 0.6 is 11.3 Å². The lowest BCUT2D eigenvalue weighted by Gasteiger charge is -2.37. The van der Waals surface area contributed by atoms with Crippen molar-refractivity contribution in [3.05, 3.63) is 84.9 Å². The number of benzene rings is 5. The Kier molecular flexibility index (Phi) is 2.73. The SMILES string of the molecule is c1cc2c3c(c1)Oc1ccc4c5cc6c(cc5n5c4c1B3c1c(cccc1-5)O2)sc1ccccc16. The summed E-state index contributed by atoms with van der Waals surface area (Å²) in [6, 6.07) is 30.5. The maximum Gasteiger partial charge on any atom is 0.266 e. The Labute approximate surface area is 203 Å². The molecule has 0 aliphatic carbocycles. The first kappa shape index (κ1) is 17.3. The van der Waals surface area contributed by atoms with E-state index in [1.807, 2.05) is 17.4 Å². The molecule has 0 N–H and O–H groups in total. The first-order valence-electron chi connectivity index (χ1n) is 11.9. The van der Waals surface area contributed by atoms with E-state index >= 15 is 0 Å². The van der Waals surface area contributed by atoms with Crippen molar-refractivity contribution in [2.45, 2.75) is 0 Å². The van der Waals surface area contributed by atoms with Crippen molar-refractivity contribution in [3.63, 3.8) is 0 Å². The summed E-state index contributed by atoms with van der Waals surface area (Å²) < 4.78 is 18.1. The number of rotatable bonds is 0. The van der Waals surface area contributed by atoms with Crippen molar-refractivity contribution < 1.29 is 9.47 Å². The van der Waals surface area contributed by atoms with Gasteiger partial charge in [-0.3, -0.25) is 0 Å². The van der Waals surface area contributed by atoms with Crippen molar-refractivity contribution in [2.24, 2.45) is 0 Å². The van der Waals surface area contributed by atoms with Crippen molar-refractivity contribution in [2.75, 3.05) is 0 Å². The van der Waals surface area contributed by atoms with Crippen LogP contribution in [0.3, 0.4) is 0 Å². The molecule has 35 heavy (non-hydrogen) atoms. The molecule has 160 valence electrons. The molecular weight excluding hydrogens is 449 g/mol. The highest BCUT2D eigenvalue weighted by atomic mass is 32.1. The maximum absolute atomic E-state index is 6.49. The van der Waals surface area contributed by atoms with Gasteiger partial charge >= 0.3 is 0 Å². The number of hydrogen-bond donors (Lipinski definition) is 0. The Morgan fingerprint density at radius 2 is 1.34 bits per heavy atom. The van der Waals surface area contributed by atoms with Crippen LogP contribution in [0.4, 0.5) is 0 Å². The molecule has 0 unspecified atom stereocenters. The molecule has 0 atom stereocenters. The van der Waals surface area contributed by atoms with E-state index in [1.54, 1.807) is 0 Å². The number of hydrogen-bond acceptors (Lipinski definition) is 3. The summed E-state index contributed by atoms with van der Waals surface area (Å²) in [5, 5.41) is 5.23. The third kappa shape index (κ3) is 1.84. The zero-order valence-electron chi connectivity index (χ0n) is 18.3. The first-order valence-corrected chi connectivity index (χ1v) is 12.7. The Bertz CT molecular complexity index is 2120. The van der Waals surface area contributed by atoms with E-state index in [-0.39, 0.29) is 6.71 Å². The third-order valence-electron chi connectivity index (χ3n) is 8.04. The van der Waals surface area contributed by atoms with Gasteiger partial charge in [0.2, 0.25) is 0 Å². The van der Waals surface area contributed by atoms with Gasteiger partial charge in [0, 0.05) is 42.1 Å². The molecule has 5 heteroatoms. The summed E-state index contributed by atoms with van der Waals surface area (Å²) in [6.45, 7) is 0.118. The minimum absolute atomic E-state index is 0.118. The highest BCUT2D eigenvalue weighted by Crippen LogP contribution is 2.45. The molecule has 2 aromatic heterocycles. The lowest BCUT2D eigenvalue weighted by molar-refractivity contribution is 0.464. The minimum Gasteiger partial charge on any atom is -0.458 e. The van der Waals surface area contributed by atoms with Gasteiger partial charge in [0.25, 0.3) is 6.71 Å². The number of nitrogens with zero attached hydrogens (tertiary/aromatic N) is 1. The molecule has 3 nitrogen and oxygen atoms in total. The normalized spacial score (nSPS) is 14.1. The second-order valence-corrected chi connectivity index (χ2v) is 10.8. The van der Waals surface area contributed by atoms with Crippen LogP contribution < -0.4 is 25.9 Å². The van der Waals surface area contributed by atoms with Crippen LogP contribution in [0.5, 0.6) is 23.0 Å². The number of fused-ring (bicyclic) bond motifs is 7. The largest absolute Gasteiger partial charge is 0.458 e. The Morgan fingerprint density at radius 3 is 2.23 bits per heavy atom. The Morgan fingerprint density at radius 1 is 0.571 bits per heavy atom. The molecule has 3 aliphatic heterocycles. The summed E-state index contributed by atoms with van der Waals surface area (Å²) in [5.74, 6) is 3.69. The molecule has 0 amide bonds. The van der Waals surface area contributed by atoms with Gasteiger partial charge in [-0.15, -0.1) is 11.3 Å². The number of aromatic nitrogens is 1. The summed E-state index contributed by atoms with van der Waals surface area (Å²) in [6.07, 6.45) is 0. The molecule has 0 spiro atoms. The van der Waals surface area contributed by atoms with E-state index < -0.39 is 0 Å². The van der Waals surface area contributed by atoms with Gasteiger partial charge in [0.05, 0.1) is 11.0 Å². The van der Waals surface area contributed by atoms with Gasteiger partial charge in [-0.25, -0.2) is 0 Å². The molecular formula is C30H14BNO2S. The minimum atomic E-state index is 0.118. The molecule has 0 bridgehead atoms. The van der Waals surface area contributed by atoms with Crippen LogP contribution in [0.2, 0.25) is 0 Å². The van der Waals surface area contributed by atoms with Crippen LogP contribution in [0.15, 0.2) is 84.9 Å². The Balaban J connectivity index is 1.46. The second kappa shape index (κ2) is 5.53. The van der Waals surface area contributed by atoms with Crippen molar-refractivity contribution >= 4 is 76.4 Å². The van der Waals surface area contributed by atoms with Crippen LogP contribution in [0.25, 0.3) is 47.7 Å². The highest BCUT2D eigenvalue weighted by molar-refractivity contribution is 7.25. The van der Waals surface area contributed by atoms with Crippen LogP contribution in [0, 0.1) is 0 Å². The van der Waals surface area contributed by atoms with Crippen LogP contribution in [-0.2, 0) is 0 Å². The quantitative estimate of drug-likeness (QED) is 0.250. The van der Waals surface area contributed by atoms with Crippen LogP contribution in [0.1, 0.15) is 0 Å². The highest BCUT2D eigenvalue weighted by Gasteiger charge is 2.46. The van der Waals surface area contributed by atoms with E-state index in [9.17, 15) is 0 Å². The van der Waals surface area contributed by atoms with E-state index in [0.717, 1.165) is 28.5 Å². The van der Waals surface area contributed by atoms with Crippen molar-refractivity contribution in [3.8, 4) is 28.7 Å². The Hall–Kier alpha value is -4.22. The molecule has 0 fully saturated rings. The fourth-order valence-electron chi connectivity index (χ4n) is 6.71. The molecule has 7 aromatic rings. The maximum atomic E-state index is 6.49. The summed E-state index contributed by atoms with van der Waals surface area (Å²) in [7, 11) is 0. The summed E-state index contributed by atoms with van der Waals surface area (Å²) in [4.78, 5) is 0. The average Bonchev–Trinajstić information content (AvgIpc) is 3.42. The number of ether oxygens (including phenoxy) is 2. The summed E-state index contributed by atoms with van der Waals surface area (Å²) >= 11 is 1.87. The predicted molar refractivity (Wildman–Crippen MR) is 145 cm³/mol. The monoisotopic (exact) mass is 463 g/mol. The van der Waals surface area contributed by atoms with Gasteiger partial charge in [-0.2, -0.15) is 0 Å². The van der Waals surface area contributed by atoms with Crippen LogP contribution in [-0.4, -0.2) is 11.3 Å². The first-order chi connectivity index (χ1) is 17.3. The lowest BCUT2D eigenvalue weighted by Crippen LogP contribution is -2.60. The lowest BCUT2D eigenvalue weighted by atomic mass is 9.33. The topological polar surface area (TPSA) is 23.4 Å². The molecule has 10 rings (SSSR count). The smallest absolute Gasteiger partial charge is 0.266 e. The van der Waals surface area contributed by atoms with Gasteiger partial charge in [0.1, 0.15) is 23.0 Å². The van der Waals surface area contributed by atoms with Gasteiger partial charge < -0.3 is 14.0 Å². The fourth-order valence-corrected chi connectivity index (χ4v) is 7.83. The molecule has 0 radical (unpaired) electrons. The molecule has 0 saturated heterocycles. The number of thiophene rings is 1. The molecule has 3 aliphatic rings. The van der Waals surface area contributed by atoms with E-state index in [1.165, 1.54) is 58.6 Å². The molecule has 0 saturated carbocycles. The second-order valence-electron chi connectivity index (χ2n) is 9.67. The van der Waals surface area contributed by atoms with Crippen molar-refractivity contribution in [1.29, 1.82) is 0 Å². The average molecular weight is 463 g/mol. The molecule has 5 heterocycles. The van der Waals surface area contributed by atoms with Gasteiger partial charge in [-0.05, 0) is 65.5 Å². The van der Waals surface area contributed by atoms with E-state index in [0.29, 0.717) is 0 Å². The predicted octanol–water partition coefficient (Wildman–Crippen LogP) is 6.19. The zero-order valence-corrected chi connectivity index (χ0v) is 19.1. The van der Waals surface area contributed by atoms with E-state index in [4.69, 9.17) is 9.47 Å². The fraction of sp³-hybridized carbons (Fsp3) is 0.